The third kappa shape index (κ3) is 7.79. The van der Waals surface area contributed by atoms with Crippen LogP contribution in [0.3, 0.4) is 0 Å². The number of aliphatic hydroxyl groups is 3. The highest BCUT2D eigenvalue weighted by Crippen LogP contribution is 2.25. The number of halogens is 2. The fourth-order valence-electron chi connectivity index (χ4n) is 2.83. The van der Waals surface area contributed by atoms with Gasteiger partial charge in [0.1, 0.15) is 18.3 Å². The van der Waals surface area contributed by atoms with Gasteiger partial charge in [0.05, 0.1) is 12.4 Å². The van der Waals surface area contributed by atoms with Gasteiger partial charge < -0.3 is 24.8 Å². The monoisotopic (exact) mass is 432 g/mol. The van der Waals surface area contributed by atoms with Crippen molar-refractivity contribution in [3.05, 3.63) is 36.2 Å². The summed E-state index contributed by atoms with van der Waals surface area (Å²) in [5.41, 5.74) is 0.734. The van der Waals surface area contributed by atoms with E-state index in [0.29, 0.717) is 13.0 Å². The molecule has 1 heterocycles. The van der Waals surface area contributed by atoms with Gasteiger partial charge in [-0.2, -0.15) is 0 Å². The Bertz CT molecular complexity index is 633. The molecule has 1 aliphatic heterocycles. The first-order valence-electron chi connectivity index (χ1n) is 10.1. The summed E-state index contributed by atoms with van der Waals surface area (Å²) in [5.74, 6) is -0.163. The molecular formula is C21H34F2N2O5. The van der Waals surface area contributed by atoms with Gasteiger partial charge in [-0.25, -0.2) is 8.78 Å². The molecule has 7 nitrogen and oxygen atoms in total. The van der Waals surface area contributed by atoms with E-state index in [1.165, 1.54) is 13.0 Å². The molecule has 5 unspecified atom stereocenters. The maximum Gasteiger partial charge on any atom is 0.230 e. The predicted molar refractivity (Wildman–Crippen MR) is 111 cm³/mol. The van der Waals surface area contributed by atoms with E-state index in [2.05, 4.69) is 11.7 Å². The Morgan fingerprint density at radius 2 is 1.93 bits per heavy atom. The van der Waals surface area contributed by atoms with E-state index in [-0.39, 0.29) is 24.2 Å². The zero-order chi connectivity index (χ0) is 22.8. The summed E-state index contributed by atoms with van der Waals surface area (Å²) in [4.78, 5) is 0. The minimum Gasteiger partial charge on any atom is -0.447 e. The predicted octanol–water partition coefficient (Wildman–Crippen LogP) is 2.59. The Kier molecular flexibility index (Phi) is 11.2. The smallest absolute Gasteiger partial charge is 0.230 e. The topological polar surface area (TPSA) is 94.8 Å². The molecule has 9 heteroatoms. The van der Waals surface area contributed by atoms with E-state index >= 15 is 0 Å². The number of hydrogen-bond donors (Lipinski definition) is 3. The molecular weight excluding hydrogens is 398 g/mol. The van der Waals surface area contributed by atoms with E-state index in [4.69, 9.17) is 9.47 Å². The van der Waals surface area contributed by atoms with Gasteiger partial charge in [0.15, 0.2) is 6.17 Å². The Balaban J connectivity index is 3.06. The van der Waals surface area contributed by atoms with Crippen molar-refractivity contribution in [1.82, 2.24) is 5.01 Å². The first-order valence-corrected chi connectivity index (χ1v) is 10.1. The molecule has 1 saturated heterocycles. The molecule has 0 amide bonds. The van der Waals surface area contributed by atoms with E-state index in [0.717, 1.165) is 5.57 Å². The molecule has 0 aromatic heterocycles. The second kappa shape index (κ2) is 12.8. The number of ether oxygens (including phenoxy) is 2. The quantitative estimate of drug-likeness (QED) is 0.213. The third-order valence-corrected chi connectivity index (χ3v) is 4.63. The SMILES string of the molecule is C=C/C(=C\C=C(/C)F)CC/C(=N\N(CC)C(C)C)OC1OC(CO)C(F)C(O)C1O. The summed E-state index contributed by atoms with van der Waals surface area (Å²) >= 11 is 0. The second-order valence-corrected chi connectivity index (χ2v) is 7.31. The molecule has 172 valence electrons. The van der Waals surface area contributed by atoms with Crippen LogP contribution in [0.15, 0.2) is 41.3 Å². The molecule has 0 aromatic rings. The molecule has 3 N–H and O–H groups in total. The van der Waals surface area contributed by atoms with Crippen LogP contribution in [0.4, 0.5) is 8.78 Å². The van der Waals surface area contributed by atoms with Gasteiger partial charge in [0.2, 0.25) is 12.2 Å². The van der Waals surface area contributed by atoms with Crippen LogP contribution >= 0.6 is 0 Å². The largest absolute Gasteiger partial charge is 0.447 e. The Hall–Kier alpha value is -1.81. The summed E-state index contributed by atoms with van der Waals surface area (Å²) in [6.07, 6.45) is -2.95. The van der Waals surface area contributed by atoms with Crippen LogP contribution in [-0.4, -0.2) is 76.2 Å². The van der Waals surface area contributed by atoms with Gasteiger partial charge in [-0.3, -0.25) is 5.01 Å². The molecule has 1 rings (SSSR count). The zero-order valence-electron chi connectivity index (χ0n) is 18.0. The van der Waals surface area contributed by atoms with Gasteiger partial charge >= 0.3 is 0 Å². The van der Waals surface area contributed by atoms with E-state index in [1.54, 1.807) is 17.2 Å². The fourth-order valence-corrected chi connectivity index (χ4v) is 2.83. The number of allylic oxidation sites excluding steroid dienone is 5. The Morgan fingerprint density at radius 3 is 2.43 bits per heavy atom. The highest BCUT2D eigenvalue weighted by atomic mass is 19.1. The average molecular weight is 433 g/mol. The molecule has 0 spiro atoms. The van der Waals surface area contributed by atoms with Crippen molar-refractivity contribution in [2.24, 2.45) is 5.10 Å². The lowest BCUT2D eigenvalue weighted by molar-refractivity contribution is -0.269. The summed E-state index contributed by atoms with van der Waals surface area (Å²) < 4.78 is 38.0. The highest BCUT2D eigenvalue weighted by molar-refractivity contribution is 5.76. The molecule has 1 aliphatic rings. The van der Waals surface area contributed by atoms with E-state index in [1.807, 2.05) is 20.8 Å². The molecule has 0 bridgehead atoms. The van der Waals surface area contributed by atoms with Crippen LogP contribution in [-0.2, 0) is 9.47 Å². The first-order chi connectivity index (χ1) is 14.1. The number of hydrogen-bond acceptors (Lipinski definition) is 7. The molecule has 1 fully saturated rings. The van der Waals surface area contributed by atoms with Crippen LogP contribution < -0.4 is 0 Å². The maximum atomic E-state index is 14.0. The minimum atomic E-state index is -1.95. The summed E-state index contributed by atoms with van der Waals surface area (Å²) in [6, 6.07) is 0.0586. The van der Waals surface area contributed by atoms with Crippen LogP contribution in [0.2, 0.25) is 0 Å². The number of nitrogens with zero attached hydrogens (tertiary/aromatic N) is 2. The van der Waals surface area contributed by atoms with Crippen molar-refractivity contribution in [2.75, 3.05) is 13.2 Å². The fraction of sp³-hybridized carbons (Fsp3) is 0.667. The van der Waals surface area contributed by atoms with Crippen molar-refractivity contribution >= 4 is 5.90 Å². The molecule has 0 saturated carbocycles. The maximum absolute atomic E-state index is 14.0. The Morgan fingerprint density at radius 1 is 1.27 bits per heavy atom. The molecule has 0 aromatic carbocycles. The van der Waals surface area contributed by atoms with Crippen molar-refractivity contribution in [1.29, 1.82) is 0 Å². The van der Waals surface area contributed by atoms with Gasteiger partial charge in [-0.15, -0.1) is 5.10 Å². The summed E-state index contributed by atoms with van der Waals surface area (Å²) in [7, 11) is 0. The van der Waals surface area contributed by atoms with E-state index < -0.39 is 37.4 Å². The molecule has 0 aliphatic carbocycles. The lowest BCUT2D eigenvalue weighted by Crippen LogP contribution is -2.58. The van der Waals surface area contributed by atoms with Gasteiger partial charge in [-0.05, 0) is 45.8 Å². The van der Waals surface area contributed by atoms with Crippen molar-refractivity contribution < 1.29 is 33.6 Å². The number of rotatable bonds is 10. The van der Waals surface area contributed by atoms with Crippen molar-refractivity contribution in [3.8, 4) is 0 Å². The standard InChI is InChI=1S/C21H34F2N2O5/c1-6-15(9-8-14(5)22)10-11-17(24-25(7-2)13(3)4)30-21-20(28)19(27)18(23)16(12-26)29-21/h6,8-9,13,16,18-21,26-28H,1,7,10-12H2,2-5H3/b14-8+,15-9+,24-17+. The number of aliphatic hydroxyl groups excluding tert-OH is 3. The molecule has 5 atom stereocenters. The van der Waals surface area contributed by atoms with Crippen molar-refractivity contribution in [3.63, 3.8) is 0 Å². The van der Waals surface area contributed by atoms with Crippen LogP contribution in [0, 0.1) is 0 Å². The van der Waals surface area contributed by atoms with Crippen molar-refractivity contribution in [2.45, 2.75) is 77.4 Å². The summed E-state index contributed by atoms with van der Waals surface area (Å²) in [5, 5.41) is 35.6. The third-order valence-electron chi connectivity index (χ3n) is 4.63. The first kappa shape index (κ1) is 26.2. The number of alkyl halides is 1. The lowest BCUT2D eigenvalue weighted by Gasteiger charge is -2.38. The van der Waals surface area contributed by atoms with Crippen LogP contribution in [0.5, 0.6) is 0 Å². The normalized spacial score (nSPS) is 28.6. The minimum absolute atomic E-state index is 0.0586. The van der Waals surface area contributed by atoms with Gasteiger partial charge in [0.25, 0.3) is 0 Å². The van der Waals surface area contributed by atoms with E-state index in [9.17, 15) is 24.1 Å². The lowest BCUT2D eigenvalue weighted by atomic mass is 10.0. The average Bonchev–Trinajstić information content (AvgIpc) is 2.71. The highest BCUT2D eigenvalue weighted by Gasteiger charge is 2.46. The number of hydrazone groups is 1. The molecule has 0 radical (unpaired) electrons. The van der Waals surface area contributed by atoms with Gasteiger partial charge in [-0.1, -0.05) is 18.7 Å². The van der Waals surface area contributed by atoms with Gasteiger partial charge in [0, 0.05) is 19.0 Å². The summed E-state index contributed by atoms with van der Waals surface area (Å²) in [6.45, 7) is 10.7. The Labute approximate surface area is 177 Å². The second-order valence-electron chi connectivity index (χ2n) is 7.31. The van der Waals surface area contributed by atoms with Crippen LogP contribution in [0.25, 0.3) is 0 Å². The zero-order valence-corrected chi connectivity index (χ0v) is 18.0. The van der Waals surface area contributed by atoms with Crippen LogP contribution in [0.1, 0.15) is 40.5 Å². The molecule has 30 heavy (non-hydrogen) atoms.